The number of hydrogen-bond donors (Lipinski definition) is 1. The van der Waals surface area contributed by atoms with Crippen molar-refractivity contribution in [3.05, 3.63) is 27.8 Å². The number of rotatable bonds is 5. The summed E-state index contributed by atoms with van der Waals surface area (Å²) in [5, 5.41) is 0. The summed E-state index contributed by atoms with van der Waals surface area (Å²) in [6.07, 6.45) is 2.20. The molecule has 13 heavy (non-hydrogen) atoms. The van der Waals surface area contributed by atoms with Gasteiger partial charge in [0.25, 0.3) is 0 Å². The third-order valence-corrected chi connectivity index (χ3v) is 2.67. The summed E-state index contributed by atoms with van der Waals surface area (Å²) in [4.78, 5) is 0. The fraction of sp³-hybridized carbons (Fsp3) is 0.400. The molecule has 0 amide bonds. The Balaban J connectivity index is 2.25. The second-order valence-corrected chi connectivity index (χ2v) is 4.43. The van der Waals surface area contributed by atoms with Gasteiger partial charge in [0.2, 0.25) is 0 Å². The Morgan fingerprint density at radius 2 is 1.85 bits per heavy atom. The lowest BCUT2D eigenvalue weighted by molar-refractivity contribution is 0.310. The molecule has 0 unspecified atom stereocenters. The average Bonchev–Trinajstić information content (AvgIpc) is 2.15. The molecule has 1 aromatic carbocycles. The third kappa shape index (κ3) is 4.76. The minimum absolute atomic E-state index is 0.793. The van der Waals surface area contributed by atoms with E-state index in [0.29, 0.717) is 0 Å². The maximum atomic E-state index is 5.53. The molecule has 0 aromatic heterocycles. The summed E-state index contributed by atoms with van der Waals surface area (Å²) in [6.45, 7) is 0.793. The minimum Gasteiger partial charge on any atom is -0.494 e. The van der Waals surface area contributed by atoms with Gasteiger partial charge in [0.1, 0.15) is 5.75 Å². The first-order valence-electron chi connectivity index (χ1n) is 4.32. The quantitative estimate of drug-likeness (QED) is 0.498. The maximum absolute atomic E-state index is 5.53. The standard InChI is InChI=1S/C10H13IOS/c11-9-3-5-10(6-4-9)12-7-1-2-8-13/h3-6,13H,1-2,7-8H2. The molecular formula is C10H13IOS. The molecule has 0 N–H and O–H groups in total. The van der Waals surface area contributed by atoms with Crippen molar-refractivity contribution < 1.29 is 4.74 Å². The smallest absolute Gasteiger partial charge is 0.119 e. The molecule has 0 saturated carbocycles. The number of thiol groups is 1. The van der Waals surface area contributed by atoms with Crippen LogP contribution in [0.2, 0.25) is 0 Å². The van der Waals surface area contributed by atoms with Crippen molar-refractivity contribution in [2.24, 2.45) is 0 Å². The molecule has 0 saturated heterocycles. The van der Waals surface area contributed by atoms with Gasteiger partial charge in [0.05, 0.1) is 6.61 Å². The van der Waals surface area contributed by atoms with Crippen molar-refractivity contribution in [1.82, 2.24) is 0 Å². The van der Waals surface area contributed by atoms with E-state index in [-0.39, 0.29) is 0 Å². The Bertz CT molecular complexity index is 235. The van der Waals surface area contributed by atoms with Gasteiger partial charge in [-0.3, -0.25) is 0 Å². The van der Waals surface area contributed by atoms with Crippen LogP contribution in [0.1, 0.15) is 12.8 Å². The Labute approximate surface area is 98.4 Å². The van der Waals surface area contributed by atoms with E-state index in [1.54, 1.807) is 0 Å². The summed E-state index contributed by atoms with van der Waals surface area (Å²) in [6, 6.07) is 8.11. The molecule has 1 nitrogen and oxygen atoms in total. The highest BCUT2D eigenvalue weighted by Crippen LogP contribution is 2.13. The highest BCUT2D eigenvalue weighted by Gasteiger charge is 1.92. The van der Waals surface area contributed by atoms with Crippen LogP contribution in [0.4, 0.5) is 0 Å². The third-order valence-electron chi connectivity index (χ3n) is 1.63. The Hall–Kier alpha value is 0.1000. The topological polar surface area (TPSA) is 9.23 Å². The average molecular weight is 308 g/mol. The van der Waals surface area contributed by atoms with Gasteiger partial charge in [-0.15, -0.1) is 0 Å². The van der Waals surface area contributed by atoms with Gasteiger partial charge < -0.3 is 4.74 Å². The van der Waals surface area contributed by atoms with Crippen molar-refractivity contribution >= 4 is 35.2 Å². The SMILES string of the molecule is SCCCCOc1ccc(I)cc1. The minimum atomic E-state index is 0.793. The lowest BCUT2D eigenvalue weighted by Gasteiger charge is -2.04. The molecule has 3 heteroatoms. The van der Waals surface area contributed by atoms with E-state index in [9.17, 15) is 0 Å². The van der Waals surface area contributed by atoms with Crippen molar-refractivity contribution in [2.75, 3.05) is 12.4 Å². The van der Waals surface area contributed by atoms with Crippen LogP contribution in [-0.4, -0.2) is 12.4 Å². The zero-order valence-electron chi connectivity index (χ0n) is 7.37. The highest BCUT2D eigenvalue weighted by atomic mass is 127. The van der Waals surface area contributed by atoms with E-state index in [2.05, 4.69) is 47.4 Å². The number of benzene rings is 1. The molecule has 0 aliphatic carbocycles. The van der Waals surface area contributed by atoms with E-state index < -0.39 is 0 Å². The van der Waals surface area contributed by atoms with E-state index in [1.807, 2.05) is 12.1 Å². The molecule has 0 aliphatic heterocycles. The number of ether oxygens (including phenoxy) is 1. The van der Waals surface area contributed by atoms with Crippen LogP contribution < -0.4 is 4.74 Å². The van der Waals surface area contributed by atoms with Crippen molar-refractivity contribution in [2.45, 2.75) is 12.8 Å². The van der Waals surface area contributed by atoms with Gasteiger partial charge in [-0.25, -0.2) is 0 Å². The van der Waals surface area contributed by atoms with Crippen molar-refractivity contribution in [3.8, 4) is 5.75 Å². The molecule has 0 bridgehead atoms. The zero-order chi connectivity index (χ0) is 9.52. The summed E-state index contributed by atoms with van der Waals surface area (Å²) in [5.74, 6) is 1.90. The van der Waals surface area contributed by atoms with Gasteiger partial charge in [-0.2, -0.15) is 12.6 Å². The second kappa shape index (κ2) is 6.54. The van der Waals surface area contributed by atoms with Crippen LogP contribution in [0.5, 0.6) is 5.75 Å². The van der Waals surface area contributed by atoms with Gasteiger partial charge >= 0.3 is 0 Å². The monoisotopic (exact) mass is 308 g/mol. The van der Waals surface area contributed by atoms with E-state index in [1.165, 1.54) is 3.57 Å². The Morgan fingerprint density at radius 1 is 1.15 bits per heavy atom. The summed E-state index contributed by atoms with van der Waals surface area (Å²) in [7, 11) is 0. The molecule has 0 aliphatic rings. The fourth-order valence-corrected chi connectivity index (χ4v) is 1.52. The first kappa shape index (κ1) is 11.2. The number of unbranched alkanes of at least 4 members (excludes halogenated alkanes) is 1. The van der Waals surface area contributed by atoms with Crippen LogP contribution in [0.3, 0.4) is 0 Å². The lowest BCUT2D eigenvalue weighted by atomic mass is 10.3. The summed E-state index contributed by atoms with van der Waals surface area (Å²) < 4.78 is 6.76. The Morgan fingerprint density at radius 3 is 2.46 bits per heavy atom. The molecule has 0 radical (unpaired) electrons. The van der Waals surface area contributed by atoms with Crippen LogP contribution in [-0.2, 0) is 0 Å². The van der Waals surface area contributed by atoms with Crippen LogP contribution in [0, 0.1) is 3.57 Å². The van der Waals surface area contributed by atoms with E-state index in [4.69, 9.17) is 4.74 Å². The van der Waals surface area contributed by atoms with Crippen LogP contribution >= 0.6 is 35.2 Å². The first-order valence-corrected chi connectivity index (χ1v) is 6.03. The summed E-state index contributed by atoms with van der Waals surface area (Å²) in [5.41, 5.74) is 0. The largest absolute Gasteiger partial charge is 0.494 e. The predicted molar refractivity (Wildman–Crippen MR) is 67.7 cm³/mol. The normalized spacial score (nSPS) is 10.0. The van der Waals surface area contributed by atoms with Crippen LogP contribution in [0.15, 0.2) is 24.3 Å². The zero-order valence-corrected chi connectivity index (χ0v) is 10.4. The lowest BCUT2D eigenvalue weighted by Crippen LogP contribution is -1.97. The van der Waals surface area contributed by atoms with Gasteiger partial charge in [-0.1, -0.05) is 0 Å². The van der Waals surface area contributed by atoms with Crippen molar-refractivity contribution in [1.29, 1.82) is 0 Å². The molecule has 0 heterocycles. The first-order chi connectivity index (χ1) is 6.33. The number of hydrogen-bond acceptors (Lipinski definition) is 2. The number of halogens is 1. The van der Waals surface area contributed by atoms with Gasteiger partial charge in [-0.05, 0) is 65.5 Å². The molecular weight excluding hydrogens is 295 g/mol. The van der Waals surface area contributed by atoms with Gasteiger partial charge in [0, 0.05) is 3.57 Å². The van der Waals surface area contributed by atoms with Crippen molar-refractivity contribution in [3.63, 3.8) is 0 Å². The summed E-state index contributed by atoms with van der Waals surface area (Å²) >= 11 is 6.42. The van der Waals surface area contributed by atoms with E-state index >= 15 is 0 Å². The predicted octanol–water partition coefficient (Wildman–Crippen LogP) is 3.38. The molecule has 0 atom stereocenters. The fourth-order valence-electron chi connectivity index (χ4n) is 0.935. The Kier molecular flexibility index (Phi) is 5.62. The maximum Gasteiger partial charge on any atom is 0.119 e. The molecule has 1 rings (SSSR count). The van der Waals surface area contributed by atoms with E-state index in [0.717, 1.165) is 31.0 Å². The molecule has 1 aromatic rings. The highest BCUT2D eigenvalue weighted by molar-refractivity contribution is 14.1. The molecule has 0 spiro atoms. The second-order valence-electron chi connectivity index (χ2n) is 2.73. The van der Waals surface area contributed by atoms with Gasteiger partial charge in [0.15, 0.2) is 0 Å². The molecule has 72 valence electrons. The van der Waals surface area contributed by atoms with Crippen LogP contribution in [0.25, 0.3) is 0 Å². The molecule has 0 fully saturated rings.